The molecule has 0 atom stereocenters. The quantitative estimate of drug-likeness (QED) is 0.405. The number of hydrogen-bond acceptors (Lipinski definition) is 4. The predicted octanol–water partition coefficient (Wildman–Crippen LogP) is 4.97. The highest BCUT2D eigenvalue weighted by atomic mass is 16.5. The maximum atomic E-state index is 11.4. The van der Waals surface area contributed by atoms with E-state index < -0.39 is 5.97 Å². The summed E-state index contributed by atoms with van der Waals surface area (Å²) in [5, 5.41) is 8.90. The maximum Gasteiger partial charge on any atom is 0.330 e. The van der Waals surface area contributed by atoms with Gasteiger partial charge < -0.3 is 14.6 Å². The monoisotopic (exact) mass is 402 g/mol. The Balaban J connectivity index is 1.90. The molecule has 3 aromatic carbocycles. The molecule has 0 saturated heterocycles. The molecule has 0 heterocycles. The second-order valence-corrected chi connectivity index (χ2v) is 6.96. The zero-order chi connectivity index (χ0) is 21.3. The van der Waals surface area contributed by atoms with E-state index >= 15 is 0 Å². The van der Waals surface area contributed by atoms with E-state index in [0.29, 0.717) is 12.2 Å². The Morgan fingerprint density at radius 2 is 1.60 bits per heavy atom. The Hall–Kier alpha value is -3.37. The molecular weight excluding hydrogens is 376 g/mol. The van der Waals surface area contributed by atoms with Crippen LogP contribution in [0.25, 0.3) is 22.3 Å². The highest BCUT2D eigenvalue weighted by Crippen LogP contribution is 2.31. The van der Waals surface area contributed by atoms with Crippen LogP contribution in [0.1, 0.15) is 11.1 Å². The van der Waals surface area contributed by atoms with Crippen molar-refractivity contribution < 1.29 is 19.4 Å². The van der Waals surface area contributed by atoms with Gasteiger partial charge in [-0.15, -0.1) is 0 Å². The smallest absolute Gasteiger partial charge is 0.330 e. The summed E-state index contributed by atoms with van der Waals surface area (Å²) < 4.78 is 10.7. The molecule has 154 valence electrons. The first-order valence-corrected chi connectivity index (χ1v) is 9.94. The summed E-state index contributed by atoms with van der Waals surface area (Å²) in [7, 11) is 0. The molecule has 4 heteroatoms. The largest absolute Gasteiger partial charge is 0.491 e. The molecule has 0 aromatic heterocycles. The number of aryl methyl sites for hydroxylation is 1. The van der Waals surface area contributed by atoms with Gasteiger partial charge in [-0.1, -0.05) is 66.7 Å². The Bertz CT molecular complexity index is 989. The molecule has 0 bridgehead atoms. The van der Waals surface area contributed by atoms with Gasteiger partial charge in [-0.3, -0.25) is 0 Å². The first-order chi connectivity index (χ1) is 14.6. The lowest BCUT2D eigenvalue weighted by atomic mass is 9.93. The Labute approximate surface area is 177 Å². The highest BCUT2D eigenvalue weighted by molar-refractivity contribution is 5.81. The van der Waals surface area contributed by atoms with E-state index in [0.717, 1.165) is 27.8 Å². The van der Waals surface area contributed by atoms with Gasteiger partial charge in [0.2, 0.25) is 0 Å². The van der Waals surface area contributed by atoms with Crippen LogP contribution in [0.5, 0.6) is 5.75 Å². The number of rotatable bonds is 9. The van der Waals surface area contributed by atoms with Crippen molar-refractivity contribution >= 4 is 5.97 Å². The number of carbonyl (C=O) groups excluding carboxylic acids is 1. The maximum absolute atomic E-state index is 11.4. The first-order valence-electron chi connectivity index (χ1n) is 9.94. The highest BCUT2D eigenvalue weighted by Gasteiger charge is 2.10. The third kappa shape index (κ3) is 5.58. The first kappa shape index (κ1) is 21.3. The molecule has 0 aliphatic rings. The van der Waals surface area contributed by atoms with E-state index in [9.17, 15) is 4.79 Å². The van der Waals surface area contributed by atoms with Gasteiger partial charge in [0.1, 0.15) is 12.4 Å². The Morgan fingerprint density at radius 3 is 2.27 bits per heavy atom. The average molecular weight is 402 g/mol. The lowest BCUT2D eigenvalue weighted by Crippen LogP contribution is -2.05. The van der Waals surface area contributed by atoms with Crippen LogP contribution in [0.15, 0.2) is 79.4 Å². The van der Waals surface area contributed by atoms with Gasteiger partial charge in [0.25, 0.3) is 0 Å². The van der Waals surface area contributed by atoms with Gasteiger partial charge in [-0.25, -0.2) is 4.79 Å². The van der Waals surface area contributed by atoms with E-state index in [1.54, 1.807) is 0 Å². The number of benzene rings is 3. The van der Waals surface area contributed by atoms with Crippen molar-refractivity contribution in [2.45, 2.75) is 13.3 Å². The molecule has 0 radical (unpaired) electrons. The van der Waals surface area contributed by atoms with Crippen molar-refractivity contribution in [1.82, 2.24) is 0 Å². The van der Waals surface area contributed by atoms with Gasteiger partial charge in [-0.05, 0) is 46.9 Å². The van der Waals surface area contributed by atoms with E-state index in [1.807, 2.05) is 24.3 Å². The number of esters is 1. The van der Waals surface area contributed by atoms with Gasteiger partial charge in [-0.2, -0.15) is 0 Å². The van der Waals surface area contributed by atoms with E-state index in [4.69, 9.17) is 14.6 Å². The SMILES string of the molecule is C=CC(=O)OCCc1cc(-c2ccc(C)cc2)ccc1-c1ccc(OCCO)cc1. The summed E-state index contributed by atoms with van der Waals surface area (Å²) in [6.45, 7) is 6.04. The number of carbonyl (C=O) groups is 1. The Morgan fingerprint density at radius 1 is 0.933 bits per heavy atom. The number of ether oxygens (including phenoxy) is 2. The molecule has 30 heavy (non-hydrogen) atoms. The Kier molecular flexibility index (Phi) is 7.41. The van der Waals surface area contributed by atoms with Gasteiger partial charge in [0.15, 0.2) is 0 Å². The molecule has 0 aliphatic carbocycles. The molecule has 1 N–H and O–H groups in total. The van der Waals surface area contributed by atoms with Crippen molar-refractivity contribution in [3.63, 3.8) is 0 Å². The third-order valence-corrected chi connectivity index (χ3v) is 4.80. The number of aliphatic hydroxyl groups is 1. The van der Waals surface area contributed by atoms with Crippen LogP contribution in [0.3, 0.4) is 0 Å². The molecule has 0 amide bonds. The van der Waals surface area contributed by atoms with Crippen LogP contribution in [-0.4, -0.2) is 30.9 Å². The van der Waals surface area contributed by atoms with E-state index in [-0.39, 0.29) is 19.8 Å². The fourth-order valence-corrected chi connectivity index (χ4v) is 3.22. The summed E-state index contributed by atoms with van der Waals surface area (Å²) in [6.07, 6.45) is 1.77. The fourth-order valence-electron chi connectivity index (χ4n) is 3.22. The summed E-state index contributed by atoms with van der Waals surface area (Å²) >= 11 is 0. The summed E-state index contributed by atoms with van der Waals surface area (Å²) in [5.41, 5.74) is 6.70. The second-order valence-electron chi connectivity index (χ2n) is 6.96. The molecule has 0 unspecified atom stereocenters. The molecule has 0 fully saturated rings. The zero-order valence-corrected chi connectivity index (χ0v) is 17.1. The van der Waals surface area contributed by atoms with Crippen molar-refractivity contribution in [3.05, 3.63) is 90.5 Å². The van der Waals surface area contributed by atoms with Crippen LogP contribution >= 0.6 is 0 Å². The van der Waals surface area contributed by atoms with Crippen molar-refractivity contribution in [2.24, 2.45) is 0 Å². The zero-order valence-electron chi connectivity index (χ0n) is 17.1. The van der Waals surface area contributed by atoms with Crippen LogP contribution in [0.4, 0.5) is 0 Å². The standard InChI is InChI=1S/C26H26O4/c1-3-26(28)30-16-14-23-18-22(20-6-4-19(2)5-7-20)10-13-25(23)21-8-11-24(12-9-21)29-17-15-27/h3-13,18,27H,1,14-17H2,2H3. The second kappa shape index (κ2) is 10.4. The van der Waals surface area contributed by atoms with Gasteiger partial charge in [0.05, 0.1) is 13.2 Å². The molecule has 0 aliphatic heterocycles. The predicted molar refractivity (Wildman–Crippen MR) is 119 cm³/mol. The van der Waals surface area contributed by atoms with Crippen molar-refractivity contribution in [2.75, 3.05) is 19.8 Å². The average Bonchev–Trinajstić information content (AvgIpc) is 2.78. The molecule has 0 saturated carbocycles. The molecule has 4 nitrogen and oxygen atoms in total. The van der Waals surface area contributed by atoms with Crippen molar-refractivity contribution in [3.8, 4) is 28.0 Å². The van der Waals surface area contributed by atoms with Gasteiger partial charge >= 0.3 is 5.97 Å². The fraction of sp³-hybridized carbons (Fsp3) is 0.192. The molecule has 3 aromatic rings. The summed E-state index contributed by atoms with van der Waals surface area (Å²) in [5.74, 6) is 0.294. The molecule has 3 rings (SSSR count). The minimum absolute atomic E-state index is 0.0181. The van der Waals surface area contributed by atoms with Gasteiger partial charge in [0, 0.05) is 12.5 Å². The van der Waals surface area contributed by atoms with E-state index in [1.165, 1.54) is 11.6 Å². The topological polar surface area (TPSA) is 55.8 Å². The summed E-state index contributed by atoms with van der Waals surface area (Å²) in [4.78, 5) is 11.4. The third-order valence-electron chi connectivity index (χ3n) is 4.80. The van der Waals surface area contributed by atoms with Crippen LogP contribution < -0.4 is 4.74 Å². The van der Waals surface area contributed by atoms with Crippen LogP contribution in [0.2, 0.25) is 0 Å². The minimum Gasteiger partial charge on any atom is -0.491 e. The normalized spacial score (nSPS) is 10.5. The van der Waals surface area contributed by atoms with Crippen molar-refractivity contribution in [1.29, 1.82) is 0 Å². The number of aliphatic hydroxyl groups excluding tert-OH is 1. The van der Waals surface area contributed by atoms with E-state index in [2.05, 4.69) is 56.0 Å². The lowest BCUT2D eigenvalue weighted by Gasteiger charge is -2.14. The molecular formula is C26H26O4. The lowest BCUT2D eigenvalue weighted by molar-refractivity contribution is -0.137. The number of hydrogen-bond donors (Lipinski definition) is 1. The van der Waals surface area contributed by atoms with Crippen LogP contribution in [-0.2, 0) is 16.0 Å². The minimum atomic E-state index is -0.420. The molecule has 0 spiro atoms. The summed E-state index contributed by atoms with van der Waals surface area (Å²) in [6, 6.07) is 22.5. The van der Waals surface area contributed by atoms with Crippen LogP contribution in [0, 0.1) is 6.92 Å².